The summed E-state index contributed by atoms with van der Waals surface area (Å²) in [6.07, 6.45) is 1.71. The largest absolute Gasteiger partial charge is 0.481 e. The van der Waals surface area contributed by atoms with Crippen LogP contribution in [0.15, 0.2) is 48.5 Å². The van der Waals surface area contributed by atoms with Crippen LogP contribution in [-0.4, -0.2) is 29.1 Å². The van der Waals surface area contributed by atoms with Crippen molar-refractivity contribution in [1.29, 1.82) is 0 Å². The number of piperidine rings is 1. The molecule has 1 aliphatic rings. The minimum atomic E-state index is -0.673. The molecule has 2 aromatic carbocycles. The third-order valence-corrected chi connectivity index (χ3v) is 5.13. The van der Waals surface area contributed by atoms with Gasteiger partial charge in [0.25, 0.3) is 0 Å². The van der Waals surface area contributed by atoms with Crippen molar-refractivity contribution < 1.29 is 9.90 Å². The first-order chi connectivity index (χ1) is 11.6. The summed E-state index contributed by atoms with van der Waals surface area (Å²) in [7, 11) is 0. The average molecular weight is 323 g/mol. The maximum atomic E-state index is 11.5. The average Bonchev–Trinajstić information content (AvgIpc) is 2.59. The van der Waals surface area contributed by atoms with Crippen LogP contribution in [0.4, 0.5) is 0 Å². The van der Waals surface area contributed by atoms with Gasteiger partial charge in [-0.05, 0) is 55.5 Å². The van der Waals surface area contributed by atoms with Crippen molar-refractivity contribution in [3.63, 3.8) is 0 Å². The summed E-state index contributed by atoms with van der Waals surface area (Å²) in [6, 6.07) is 17.0. The van der Waals surface area contributed by atoms with Crippen molar-refractivity contribution in [2.24, 2.45) is 5.92 Å². The molecule has 126 valence electrons. The molecule has 0 saturated carbocycles. The van der Waals surface area contributed by atoms with E-state index < -0.39 is 5.97 Å². The first kappa shape index (κ1) is 16.7. The zero-order valence-corrected chi connectivity index (χ0v) is 14.4. The van der Waals surface area contributed by atoms with Gasteiger partial charge >= 0.3 is 5.97 Å². The normalized spacial score (nSPS) is 18.7. The number of nitrogens with zero attached hydrogens (tertiary/aromatic N) is 1. The molecule has 3 heteroatoms. The molecule has 1 N–H and O–H groups in total. The zero-order valence-electron chi connectivity index (χ0n) is 14.4. The molecule has 1 atom stereocenters. The molecule has 1 aliphatic heterocycles. The maximum Gasteiger partial charge on any atom is 0.307 e. The lowest BCUT2D eigenvalue weighted by atomic mass is 9.88. The number of rotatable bonds is 4. The van der Waals surface area contributed by atoms with E-state index in [4.69, 9.17) is 0 Å². The zero-order chi connectivity index (χ0) is 17.1. The van der Waals surface area contributed by atoms with Crippen LogP contribution >= 0.6 is 0 Å². The number of hydrogen-bond donors (Lipinski definition) is 1. The van der Waals surface area contributed by atoms with Crippen LogP contribution in [-0.2, 0) is 4.79 Å². The van der Waals surface area contributed by atoms with Gasteiger partial charge in [-0.3, -0.25) is 9.69 Å². The molecule has 0 bridgehead atoms. The quantitative estimate of drug-likeness (QED) is 0.917. The second kappa shape index (κ2) is 7.18. The molecule has 2 aromatic rings. The van der Waals surface area contributed by atoms with E-state index in [0.29, 0.717) is 6.54 Å². The topological polar surface area (TPSA) is 40.5 Å². The summed E-state index contributed by atoms with van der Waals surface area (Å²) >= 11 is 0. The van der Waals surface area contributed by atoms with Gasteiger partial charge in [0.2, 0.25) is 0 Å². The first-order valence-electron chi connectivity index (χ1n) is 8.66. The third-order valence-electron chi connectivity index (χ3n) is 5.13. The van der Waals surface area contributed by atoms with Gasteiger partial charge in [-0.15, -0.1) is 0 Å². The molecule has 0 aromatic heterocycles. The second-order valence-electron chi connectivity index (χ2n) is 6.79. The fourth-order valence-corrected chi connectivity index (χ4v) is 3.79. The summed E-state index contributed by atoms with van der Waals surface area (Å²) in [4.78, 5) is 13.9. The van der Waals surface area contributed by atoms with Crippen LogP contribution in [0.1, 0.15) is 41.1 Å². The lowest BCUT2D eigenvalue weighted by Gasteiger charge is -2.38. The fourth-order valence-electron chi connectivity index (χ4n) is 3.79. The van der Waals surface area contributed by atoms with Gasteiger partial charge in [0.15, 0.2) is 0 Å². The fraction of sp³-hybridized carbons (Fsp3) is 0.381. The number of aliphatic carboxylic acids is 1. The minimum absolute atomic E-state index is 0.120. The molecule has 3 nitrogen and oxygen atoms in total. The summed E-state index contributed by atoms with van der Waals surface area (Å²) in [5.41, 5.74) is 5.06. The lowest BCUT2D eigenvalue weighted by molar-refractivity contribution is -0.143. The Morgan fingerprint density at radius 2 is 1.58 bits per heavy atom. The highest BCUT2D eigenvalue weighted by atomic mass is 16.4. The molecule has 3 rings (SSSR count). The highest BCUT2D eigenvalue weighted by molar-refractivity contribution is 5.70. The predicted octanol–water partition coefficient (Wildman–Crippen LogP) is 4.19. The van der Waals surface area contributed by atoms with Crippen LogP contribution in [0.3, 0.4) is 0 Å². The van der Waals surface area contributed by atoms with Gasteiger partial charge in [-0.25, -0.2) is 0 Å². The van der Waals surface area contributed by atoms with Gasteiger partial charge in [0, 0.05) is 6.54 Å². The van der Waals surface area contributed by atoms with E-state index in [-0.39, 0.29) is 12.0 Å². The monoisotopic (exact) mass is 323 g/mol. The van der Waals surface area contributed by atoms with Gasteiger partial charge < -0.3 is 5.11 Å². The number of benzene rings is 2. The molecule has 1 unspecified atom stereocenters. The van der Waals surface area contributed by atoms with Crippen LogP contribution in [0, 0.1) is 19.8 Å². The minimum Gasteiger partial charge on any atom is -0.481 e. The van der Waals surface area contributed by atoms with Crippen molar-refractivity contribution in [2.45, 2.75) is 32.7 Å². The van der Waals surface area contributed by atoms with Crippen molar-refractivity contribution in [1.82, 2.24) is 4.90 Å². The maximum absolute atomic E-state index is 11.5. The van der Waals surface area contributed by atoms with Gasteiger partial charge in [0.05, 0.1) is 12.0 Å². The van der Waals surface area contributed by atoms with E-state index >= 15 is 0 Å². The number of likely N-dealkylation sites (tertiary alicyclic amines) is 1. The molecular weight excluding hydrogens is 298 g/mol. The van der Waals surface area contributed by atoms with Crippen LogP contribution < -0.4 is 0 Å². The molecular formula is C21H25NO2. The van der Waals surface area contributed by atoms with E-state index in [1.807, 2.05) is 0 Å². The van der Waals surface area contributed by atoms with Crippen molar-refractivity contribution >= 4 is 5.97 Å². The molecule has 0 radical (unpaired) electrons. The smallest absolute Gasteiger partial charge is 0.307 e. The van der Waals surface area contributed by atoms with E-state index in [1.165, 1.54) is 22.3 Å². The first-order valence-corrected chi connectivity index (χ1v) is 8.66. The van der Waals surface area contributed by atoms with Crippen LogP contribution in [0.5, 0.6) is 0 Å². The van der Waals surface area contributed by atoms with E-state index in [2.05, 4.69) is 67.3 Å². The highest BCUT2D eigenvalue weighted by Crippen LogP contribution is 2.35. The number of hydrogen-bond acceptors (Lipinski definition) is 2. The molecule has 24 heavy (non-hydrogen) atoms. The summed E-state index contributed by atoms with van der Waals surface area (Å²) in [5, 5.41) is 9.46. The predicted molar refractivity (Wildman–Crippen MR) is 96.1 cm³/mol. The Kier molecular flexibility index (Phi) is 5.00. The van der Waals surface area contributed by atoms with Gasteiger partial charge in [-0.1, -0.05) is 48.5 Å². The standard InChI is InChI=1S/C21H25NO2/c1-15-8-3-5-11-18(15)20(19-12-6-4-9-16(19)2)22-13-7-10-17(14-22)21(23)24/h3-6,8-9,11-12,17,20H,7,10,13-14H2,1-2H3,(H,23,24). The van der Waals surface area contributed by atoms with E-state index in [0.717, 1.165) is 19.4 Å². The molecule has 1 saturated heterocycles. The van der Waals surface area contributed by atoms with E-state index in [1.54, 1.807) is 0 Å². The summed E-state index contributed by atoms with van der Waals surface area (Å²) in [6.45, 7) is 5.83. The SMILES string of the molecule is Cc1ccccc1C(c1ccccc1C)N1CCCC(C(=O)O)C1. The second-order valence-corrected chi connectivity index (χ2v) is 6.79. The lowest BCUT2D eigenvalue weighted by Crippen LogP contribution is -2.41. The Hall–Kier alpha value is -2.13. The Bertz CT molecular complexity index is 680. The Labute approximate surface area is 143 Å². The Morgan fingerprint density at radius 1 is 1.04 bits per heavy atom. The van der Waals surface area contributed by atoms with Crippen LogP contribution in [0.2, 0.25) is 0 Å². The van der Waals surface area contributed by atoms with Crippen molar-refractivity contribution in [3.05, 3.63) is 70.8 Å². The molecule has 0 spiro atoms. The molecule has 0 aliphatic carbocycles. The third kappa shape index (κ3) is 3.36. The van der Waals surface area contributed by atoms with Crippen molar-refractivity contribution in [2.75, 3.05) is 13.1 Å². The Balaban J connectivity index is 2.04. The summed E-state index contributed by atoms with van der Waals surface area (Å²) in [5.74, 6) is -0.942. The number of carbonyl (C=O) groups is 1. The Morgan fingerprint density at radius 3 is 2.08 bits per heavy atom. The molecule has 1 fully saturated rings. The van der Waals surface area contributed by atoms with Crippen molar-refractivity contribution in [3.8, 4) is 0 Å². The summed E-state index contributed by atoms with van der Waals surface area (Å²) < 4.78 is 0. The van der Waals surface area contributed by atoms with E-state index in [9.17, 15) is 9.90 Å². The van der Waals surface area contributed by atoms with Crippen LogP contribution in [0.25, 0.3) is 0 Å². The number of carboxylic acid groups (broad SMARTS) is 1. The number of carboxylic acids is 1. The number of aryl methyl sites for hydroxylation is 2. The van der Waals surface area contributed by atoms with Gasteiger partial charge in [0.1, 0.15) is 0 Å². The highest BCUT2D eigenvalue weighted by Gasteiger charge is 2.32. The van der Waals surface area contributed by atoms with Gasteiger partial charge in [-0.2, -0.15) is 0 Å². The molecule has 1 heterocycles. The molecule has 0 amide bonds.